The molecule has 1 heterocycles. The molecule has 20 heavy (non-hydrogen) atoms. The molecule has 0 saturated heterocycles. The lowest BCUT2D eigenvalue weighted by atomic mass is 10.2. The van der Waals surface area contributed by atoms with E-state index < -0.39 is 0 Å². The fourth-order valence-corrected chi connectivity index (χ4v) is 1.80. The molecule has 5 nitrogen and oxygen atoms in total. The molecule has 0 aliphatic carbocycles. The molecule has 1 N–H and O–H groups in total. The van der Waals surface area contributed by atoms with Crippen molar-refractivity contribution in [2.24, 2.45) is 0 Å². The number of anilines is 1. The average molecular weight is 332 g/mol. The first-order chi connectivity index (χ1) is 9.63. The molecule has 0 atom stereocenters. The van der Waals surface area contributed by atoms with E-state index in [1.165, 1.54) is 13.3 Å². The Labute approximate surface area is 124 Å². The number of benzene rings is 1. The lowest BCUT2D eigenvalue weighted by Crippen LogP contribution is -2.13. The summed E-state index contributed by atoms with van der Waals surface area (Å²) in [5.41, 5.74) is 1.39. The van der Waals surface area contributed by atoms with Crippen molar-refractivity contribution in [3.63, 3.8) is 0 Å². The third-order valence-corrected chi connectivity index (χ3v) is 3.04. The van der Waals surface area contributed by atoms with Crippen molar-refractivity contribution in [2.75, 3.05) is 12.4 Å². The highest BCUT2D eigenvalue weighted by Gasteiger charge is 2.10. The van der Waals surface area contributed by atoms with Gasteiger partial charge in [-0.05, 0) is 40.2 Å². The van der Waals surface area contributed by atoms with Gasteiger partial charge in [-0.25, -0.2) is 4.98 Å². The third kappa shape index (κ3) is 3.13. The molecule has 0 bridgehead atoms. The number of rotatable bonds is 3. The molecule has 1 aromatic heterocycles. The highest BCUT2D eigenvalue weighted by atomic mass is 79.9. The van der Waals surface area contributed by atoms with Gasteiger partial charge < -0.3 is 10.1 Å². The maximum absolute atomic E-state index is 12.1. The summed E-state index contributed by atoms with van der Waals surface area (Å²) in [6.45, 7) is 0. The Kier molecular flexibility index (Phi) is 4.33. The molecule has 0 saturated carbocycles. The molecule has 0 spiro atoms. The van der Waals surface area contributed by atoms with Crippen molar-refractivity contribution in [2.45, 2.75) is 0 Å². The van der Waals surface area contributed by atoms with Crippen LogP contribution in [0.5, 0.6) is 5.75 Å². The summed E-state index contributed by atoms with van der Waals surface area (Å²) in [6.07, 6.45) is 1.47. The van der Waals surface area contributed by atoms with Crippen LogP contribution >= 0.6 is 15.9 Å². The van der Waals surface area contributed by atoms with Crippen molar-refractivity contribution in [1.82, 2.24) is 4.98 Å². The molecule has 2 rings (SSSR count). The number of amides is 1. The number of ether oxygens (including phenoxy) is 1. The molecule has 0 fully saturated rings. The maximum atomic E-state index is 12.1. The first-order valence-electron chi connectivity index (χ1n) is 5.65. The van der Waals surface area contributed by atoms with Crippen LogP contribution in [0.1, 0.15) is 15.9 Å². The number of nitrogens with zero attached hydrogens (tertiary/aromatic N) is 2. The van der Waals surface area contributed by atoms with Crippen molar-refractivity contribution < 1.29 is 9.53 Å². The van der Waals surface area contributed by atoms with Gasteiger partial charge in [-0.1, -0.05) is 0 Å². The minimum atomic E-state index is -0.298. The monoisotopic (exact) mass is 331 g/mol. The second-order valence-corrected chi connectivity index (χ2v) is 4.66. The number of carbonyl (C=O) groups is 1. The number of pyridine rings is 1. The van der Waals surface area contributed by atoms with Crippen LogP contribution in [0.15, 0.2) is 41.1 Å². The Balaban J connectivity index is 2.23. The van der Waals surface area contributed by atoms with Crippen molar-refractivity contribution in [3.05, 3.63) is 52.3 Å². The molecule has 2 aromatic rings. The summed E-state index contributed by atoms with van der Waals surface area (Å²) in [4.78, 5) is 16.1. The van der Waals surface area contributed by atoms with E-state index in [0.29, 0.717) is 27.2 Å². The first kappa shape index (κ1) is 14.0. The zero-order valence-electron chi connectivity index (χ0n) is 10.6. The fourth-order valence-electron chi connectivity index (χ4n) is 1.57. The molecule has 0 aliphatic heterocycles. The van der Waals surface area contributed by atoms with E-state index in [4.69, 9.17) is 10.00 Å². The predicted molar refractivity (Wildman–Crippen MR) is 77.6 cm³/mol. The van der Waals surface area contributed by atoms with Gasteiger partial charge in [-0.15, -0.1) is 0 Å². The van der Waals surface area contributed by atoms with Crippen LogP contribution < -0.4 is 10.1 Å². The van der Waals surface area contributed by atoms with Gasteiger partial charge in [0.1, 0.15) is 10.4 Å². The van der Waals surface area contributed by atoms with Crippen LogP contribution in [-0.4, -0.2) is 18.0 Å². The van der Waals surface area contributed by atoms with E-state index >= 15 is 0 Å². The predicted octanol–water partition coefficient (Wildman–Crippen LogP) is 2.98. The summed E-state index contributed by atoms with van der Waals surface area (Å²) in [5, 5.41) is 11.5. The molecular formula is C14H10BrN3O2. The van der Waals surface area contributed by atoms with Gasteiger partial charge >= 0.3 is 0 Å². The van der Waals surface area contributed by atoms with Crippen LogP contribution in [0.2, 0.25) is 0 Å². The minimum absolute atomic E-state index is 0.298. The van der Waals surface area contributed by atoms with E-state index in [2.05, 4.69) is 26.2 Å². The minimum Gasteiger partial charge on any atom is -0.495 e. The number of hydrogen-bond donors (Lipinski definition) is 1. The van der Waals surface area contributed by atoms with E-state index in [0.717, 1.165) is 0 Å². The van der Waals surface area contributed by atoms with Crippen LogP contribution in [-0.2, 0) is 0 Å². The zero-order chi connectivity index (χ0) is 14.5. The third-order valence-electron chi connectivity index (χ3n) is 2.57. The van der Waals surface area contributed by atoms with Crippen molar-refractivity contribution in [3.8, 4) is 11.8 Å². The molecule has 1 amide bonds. The lowest BCUT2D eigenvalue weighted by molar-refractivity contribution is 0.102. The molecule has 100 valence electrons. The smallest absolute Gasteiger partial charge is 0.257 e. The normalized spacial score (nSPS) is 9.65. The summed E-state index contributed by atoms with van der Waals surface area (Å²) in [5.74, 6) is 0.135. The van der Waals surface area contributed by atoms with Gasteiger partial charge in [0.05, 0.1) is 30.0 Å². The van der Waals surface area contributed by atoms with Crippen LogP contribution in [0, 0.1) is 11.3 Å². The summed E-state index contributed by atoms with van der Waals surface area (Å²) >= 11 is 3.21. The van der Waals surface area contributed by atoms with E-state index in [1.807, 2.05) is 6.07 Å². The number of halogens is 1. The first-order valence-corrected chi connectivity index (χ1v) is 6.44. The van der Waals surface area contributed by atoms with Crippen LogP contribution in [0.25, 0.3) is 0 Å². The highest BCUT2D eigenvalue weighted by Crippen LogP contribution is 2.25. The van der Waals surface area contributed by atoms with Crippen LogP contribution in [0.4, 0.5) is 5.69 Å². The Bertz CT molecular complexity index is 678. The Morgan fingerprint density at radius 3 is 2.80 bits per heavy atom. The highest BCUT2D eigenvalue weighted by molar-refractivity contribution is 9.10. The van der Waals surface area contributed by atoms with E-state index in [9.17, 15) is 4.79 Å². The largest absolute Gasteiger partial charge is 0.495 e. The van der Waals surface area contributed by atoms with E-state index in [1.54, 1.807) is 30.3 Å². The molecule has 0 radical (unpaired) electrons. The van der Waals surface area contributed by atoms with Crippen molar-refractivity contribution >= 4 is 27.5 Å². The topological polar surface area (TPSA) is 75.0 Å². The van der Waals surface area contributed by atoms with Gasteiger partial charge in [0.25, 0.3) is 5.91 Å². The lowest BCUT2D eigenvalue weighted by Gasteiger charge is -2.10. The molecule has 6 heteroatoms. The standard InChI is InChI=1S/C14H10BrN3O2/c1-20-12-6-9(7-16)2-4-11(12)18-14(19)10-3-5-13(15)17-8-10/h2-6,8H,1H3,(H,18,19). The summed E-state index contributed by atoms with van der Waals surface area (Å²) < 4.78 is 5.81. The second-order valence-electron chi connectivity index (χ2n) is 3.85. The number of nitrogens with one attached hydrogen (secondary N) is 1. The van der Waals surface area contributed by atoms with E-state index in [-0.39, 0.29) is 5.91 Å². The fraction of sp³-hybridized carbons (Fsp3) is 0.0714. The Morgan fingerprint density at radius 1 is 1.40 bits per heavy atom. The Morgan fingerprint density at radius 2 is 2.20 bits per heavy atom. The number of nitriles is 1. The van der Waals surface area contributed by atoms with Gasteiger partial charge in [0.15, 0.2) is 0 Å². The molecular weight excluding hydrogens is 322 g/mol. The SMILES string of the molecule is COc1cc(C#N)ccc1NC(=O)c1ccc(Br)nc1. The number of carbonyl (C=O) groups excluding carboxylic acids is 1. The summed E-state index contributed by atoms with van der Waals surface area (Å²) in [6, 6.07) is 10.2. The number of hydrogen-bond acceptors (Lipinski definition) is 4. The summed E-state index contributed by atoms with van der Waals surface area (Å²) in [7, 11) is 1.48. The average Bonchev–Trinajstić information content (AvgIpc) is 2.48. The van der Waals surface area contributed by atoms with Gasteiger partial charge in [-0.3, -0.25) is 4.79 Å². The molecule has 0 aliphatic rings. The zero-order valence-corrected chi connectivity index (χ0v) is 12.1. The van der Waals surface area contributed by atoms with Crippen LogP contribution in [0.3, 0.4) is 0 Å². The quantitative estimate of drug-likeness (QED) is 0.877. The van der Waals surface area contributed by atoms with Crippen molar-refractivity contribution in [1.29, 1.82) is 5.26 Å². The number of methoxy groups -OCH3 is 1. The number of aromatic nitrogens is 1. The maximum Gasteiger partial charge on any atom is 0.257 e. The molecule has 0 unspecified atom stereocenters. The second kappa shape index (κ2) is 6.17. The molecule has 1 aromatic carbocycles. The van der Waals surface area contributed by atoms with Gasteiger partial charge in [0, 0.05) is 12.3 Å². The van der Waals surface area contributed by atoms with Gasteiger partial charge in [-0.2, -0.15) is 5.26 Å². The van der Waals surface area contributed by atoms with Gasteiger partial charge in [0.2, 0.25) is 0 Å². The Hall–Kier alpha value is -2.39.